The third-order valence-electron chi connectivity index (χ3n) is 5.83. The average Bonchev–Trinajstić information content (AvgIpc) is 3.21. The maximum absolute atomic E-state index is 10.5. The first-order valence-electron chi connectivity index (χ1n) is 10.4. The van der Waals surface area contributed by atoms with E-state index in [4.69, 9.17) is 9.84 Å². The Hall–Kier alpha value is -0.520. The van der Waals surface area contributed by atoms with Gasteiger partial charge in [-0.05, 0) is 50.4 Å². The highest BCUT2D eigenvalue weighted by molar-refractivity contribution is 8.00. The molecule has 0 aromatic heterocycles. The monoisotopic (exact) mass is 384 g/mol. The molecule has 2 aliphatic heterocycles. The first kappa shape index (κ1) is 21.8. The molecule has 2 heterocycles. The zero-order valence-electron chi connectivity index (χ0n) is 16.1. The second-order valence-corrected chi connectivity index (χ2v) is 8.84. The first-order valence-corrected chi connectivity index (χ1v) is 11.5. The van der Waals surface area contributed by atoms with Crippen molar-refractivity contribution in [3.8, 4) is 0 Å². The van der Waals surface area contributed by atoms with Crippen LogP contribution in [0.2, 0.25) is 0 Å². The molecule has 2 aliphatic rings. The highest BCUT2D eigenvalue weighted by Crippen LogP contribution is 2.47. The summed E-state index contributed by atoms with van der Waals surface area (Å²) in [6, 6.07) is 0. The van der Waals surface area contributed by atoms with E-state index in [0.717, 1.165) is 37.9 Å². The molecule has 2 N–H and O–H groups in total. The zero-order chi connectivity index (χ0) is 18.8. The van der Waals surface area contributed by atoms with Gasteiger partial charge in [-0.25, -0.2) is 0 Å². The van der Waals surface area contributed by atoms with Crippen LogP contribution in [0.4, 0.5) is 0 Å². The predicted octanol–water partition coefficient (Wildman–Crippen LogP) is 4.66. The minimum absolute atomic E-state index is 0.158. The molecule has 0 saturated carbocycles. The number of ether oxygens (including phenoxy) is 1. The molecule has 0 aliphatic carbocycles. The molecule has 2 saturated heterocycles. The van der Waals surface area contributed by atoms with Gasteiger partial charge in [0.1, 0.15) is 0 Å². The second-order valence-electron chi connectivity index (χ2n) is 7.81. The number of carboxylic acid groups (broad SMARTS) is 1. The third-order valence-corrected chi connectivity index (χ3v) is 6.71. The van der Waals surface area contributed by atoms with E-state index in [9.17, 15) is 9.90 Å². The number of aliphatic hydroxyl groups excluding tert-OH is 1. The number of unbranched alkanes of at least 4 members (excludes halogenated alkanes) is 3. The lowest BCUT2D eigenvalue weighted by Gasteiger charge is -2.28. The van der Waals surface area contributed by atoms with Gasteiger partial charge in [0.15, 0.2) is 0 Å². The minimum Gasteiger partial charge on any atom is -0.481 e. The normalized spacial score (nSPS) is 28.8. The van der Waals surface area contributed by atoms with Crippen molar-refractivity contribution >= 4 is 17.7 Å². The molecular weight excluding hydrogens is 348 g/mol. The van der Waals surface area contributed by atoms with Gasteiger partial charge in [0, 0.05) is 5.75 Å². The number of allylic oxidation sites excluding steroid dienone is 1. The smallest absolute Gasteiger partial charge is 0.313 e. The van der Waals surface area contributed by atoms with E-state index >= 15 is 0 Å². The molecule has 4 nitrogen and oxygen atoms in total. The van der Waals surface area contributed by atoms with Crippen LogP contribution in [0.5, 0.6) is 0 Å². The van der Waals surface area contributed by atoms with E-state index < -0.39 is 5.97 Å². The van der Waals surface area contributed by atoms with Gasteiger partial charge in [-0.15, -0.1) is 11.8 Å². The van der Waals surface area contributed by atoms with Crippen LogP contribution >= 0.6 is 11.8 Å². The van der Waals surface area contributed by atoms with Crippen LogP contribution in [0.15, 0.2) is 12.2 Å². The molecule has 2 bridgehead atoms. The number of carboxylic acids is 1. The number of thioether (sulfide) groups is 1. The van der Waals surface area contributed by atoms with E-state index in [0.29, 0.717) is 24.0 Å². The molecule has 0 aromatic rings. The van der Waals surface area contributed by atoms with Crippen LogP contribution in [-0.2, 0) is 9.53 Å². The van der Waals surface area contributed by atoms with Crippen molar-refractivity contribution in [2.45, 2.75) is 89.4 Å². The first-order chi connectivity index (χ1) is 12.6. The standard InChI is InChI=1S/C21H36O4S/c1-2-3-4-5-8-16(22)10-11-18-17(19-12-13-20(18)25-19)9-6-7-14-26-15-21(23)24/h6-7,16-20,22H,2-5,8-15H2,1H3,(H,23,24)/b7-6+/t16?,17-,18+,19-,20+/m0/s1. The van der Waals surface area contributed by atoms with Crippen molar-refractivity contribution in [3.05, 3.63) is 12.2 Å². The van der Waals surface area contributed by atoms with Crippen molar-refractivity contribution in [3.63, 3.8) is 0 Å². The van der Waals surface area contributed by atoms with Gasteiger partial charge in [0.05, 0.1) is 24.1 Å². The Morgan fingerprint density at radius 2 is 1.92 bits per heavy atom. The van der Waals surface area contributed by atoms with Crippen molar-refractivity contribution in [2.24, 2.45) is 11.8 Å². The minimum atomic E-state index is -0.752. The average molecular weight is 385 g/mol. The Labute approximate surface area is 162 Å². The molecular formula is C21H36O4S. The Balaban J connectivity index is 1.68. The van der Waals surface area contributed by atoms with Gasteiger partial charge in [-0.3, -0.25) is 4.79 Å². The van der Waals surface area contributed by atoms with E-state index in [1.54, 1.807) is 0 Å². The lowest BCUT2D eigenvalue weighted by Crippen LogP contribution is -2.27. The summed E-state index contributed by atoms with van der Waals surface area (Å²) in [5.74, 6) is 1.32. The quantitative estimate of drug-likeness (QED) is 0.337. The van der Waals surface area contributed by atoms with Crippen molar-refractivity contribution in [1.29, 1.82) is 0 Å². The van der Waals surface area contributed by atoms with Gasteiger partial charge in [-0.2, -0.15) is 0 Å². The Morgan fingerprint density at radius 1 is 1.15 bits per heavy atom. The summed E-state index contributed by atoms with van der Waals surface area (Å²) in [4.78, 5) is 10.5. The van der Waals surface area contributed by atoms with Crippen LogP contribution in [0, 0.1) is 11.8 Å². The maximum Gasteiger partial charge on any atom is 0.313 e. The Bertz CT molecular complexity index is 440. The molecule has 5 heteroatoms. The van der Waals surface area contributed by atoms with Gasteiger partial charge in [-0.1, -0.05) is 44.8 Å². The fourth-order valence-electron chi connectivity index (χ4n) is 4.47. The molecule has 0 aromatic carbocycles. The third kappa shape index (κ3) is 7.24. The molecule has 5 atom stereocenters. The SMILES string of the molecule is CCCCCCC(O)CC[C@@H]1[C@H](C/C=C/CSCC(=O)O)[C@@H]2CC[C@H]1O2. The Kier molecular flexibility index (Phi) is 10.1. The number of carbonyl (C=O) groups is 1. The summed E-state index contributed by atoms with van der Waals surface area (Å²) in [6.07, 6.45) is 16.1. The van der Waals surface area contributed by atoms with Crippen LogP contribution in [-0.4, -0.2) is 46.0 Å². The van der Waals surface area contributed by atoms with Crippen LogP contribution < -0.4 is 0 Å². The van der Waals surface area contributed by atoms with Gasteiger partial charge in [0.25, 0.3) is 0 Å². The second kappa shape index (κ2) is 12.0. The fourth-order valence-corrected chi connectivity index (χ4v) is 5.03. The van der Waals surface area contributed by atoms with Crippen LogP contribution in [0.1, 0.15) is 71.1 Å². The van der Waals surface area contributed by atoms with Gasteiger partial charge in [0.2, 0.25) is 0 Å². The van der Waals surface area contributed by atoms with Crippen molar-refractivity contribution in [2.75, 3.05) is 11.5 Å². The number of rotatable bonds is 14. The summed E-state index contributed by atoms with van der Waals surface area (Å²) >= 11 is 1.43. The highest BCUT2D eigenvalue weighted by atomic mass is 32.2. The molecule has 0 spiro atoms. The number of hydrogen-bond donors (Lipinski definition) is 2. The highest BCUT2D eigenvalue weighted by Gasteiger charge is 2.47. The van der Waals surface area contributed by atoms with Crippen LogP contribution in [0.25, 0.3) is 0 Å². The fraction of sp³-hybridized carbons (Fsp3) is 0.857. The van der Waals surface area contributed by atoms with E-state index in [1.807, 2.05) is 0 Å². The molecule has 1 unspecified atom stereocenters. The van der Waals surface area contributed by atoms with Crippen molar-refractivity contribution in [1.82, 2.24) is 0 Å². The summed E-state index contributed by atoms with van der Waals surface area (Å²) < 4.78 is 6.15. The molecule has 0 radical (unpaired) electrons. The molecule has 150 valence electrons. The van der Waals surface area contributed by atoms with E-state index in [2.05, 4.69) is 19.1 Å². The number of aliphatic hydroxyl groups is 1. The lowest BCUT2D eigenvalue weighted by molar-refractivity contribution is -0.133. The molecule has 2 rings (SSSR count). The number of fused-ring (bicyclic) bond motifs is 2. The summed E-state index contributed by atoms with van der Waals surface area (Å²) in [5.41, 5.74) is 0. The largest absolute Gasteiger partial charge is 0.481 e. The zero-order valence-corrected chi connectivity index (χ0v) is 17.0. The van der Waals surface area contributed by atoms with E-state index in [1.165, 1.54) is 43.9 Å². The van der Waals surface area contributed by atoms with Crippen LogP contribution in [0.3, 0.4) is 0 Å². The molecule has 26 heavy (non-hydrogen) atoms. The summed E-state index contributed by atoms with van der Waals surface area (Å²) in [5, 5.41) is 18.9. The number of aliphatic carboxylic acids is 1. The maximum atomic E-state index is 10.5. The Morgan fingerprint density at radius 3 is 2.65 bits per heavy atom. The lowest BCUT2D eigenvalue weighted by atomic mass is 9.75. The summed E-state index contributed by atoms with van der Waals surface area (Å²) in [7, 11) is 0. The topological polar surface area (TPSA) is 66.8 Å². The predicted molar refractivity (Wildman–Crippen MR) is 108 cm³/mol. The number of hydrogen-bond acceptors (Lipinski definition) is 4. The van der Waals surface area contributed by atoms with Gasteiger partial charge < -0.3 is 14.9 Å². The molecule has 2 fully saturated rings. The van der Waals surface area contributed by atoms with Crippen molar-refractivity contribution < 1.29 is 19.7 Å². The van der Waals surface area contributed by atoms with Gasteiger partial charge >= 0.3 is 5.97 Å². The molecule has 0 amide bonds. The summed E-state index contributed by atoms with van der Waals surface area (Å²) in [6.45, 7) is 2.21. The van der Waals surface area contributed by atoms with E-state index in [-0.39, 0.29) is 11.9 Å².